The maximum Gasteiger partial charge on any atom is 0.305 e. The van der Waals surface area contributed by atoms with Gasteiger partial charge in [-0.15, -0.1) is 0 Å². The Balaban J connectivity index is 2.03. The molecule has 25 heavy (non-hydrogen) atoms. The third-order valence-corrected chi connectivity index (χ3v) is 3.85. The van der Waals surface area contributed by atoms with Crippen molar-refractivity contribution < 1.29 is 19.4 Å². The third-order valence-electron chi connectivity index (χ3n) is 3.85. The van der Waals surface area contributed by atoms with Crippen molar-refractivity contribution in [3.63, 3.8) is 0 Å². The first kappa shape index (κ1) is 16.6. The van der Waals surface area contributed by atoms with Crippen LogP contribution in [0.1, 0.15) is 6.42 Å². The van der Waals surface area contributed by atoms with Gasteiger partial charge in [0.15, 0.2) is 11.5 Å². The van der Waals surface area contributed by atoms with E-state index in [4.69, 9.17) is 14.6 Å². The van der Waals surface area contributed by atoms with Crippen LogP contribution in [-0.2, 0) is 11.3 Å². The topological polar surface area (TPSA) is 95.1 Å². The number of aliphatic carboxylic acids is 1. The van der Waals surface area contributed by atoms with Gasteiger partial charge in [0, 0.05) is 24.5 Å². The molecular weight excluding hydrogens is 326 g/mol. The fraction of sp³-hybridized carbons (Fsp3) is 0.235. The fourth-order valence-electron chi connectivity index (χ4n) is 2.56. The van der Waals surface area contributed by atoms with E-state index in [-0.39, 0.29) is 18.5 Å². The predicted molar refractivity (Wildman–Crippen MR) is 90.2 cm³/mol. The lowest BCUT2D eigenvalue weighted by Crippen LogP contribution is -2.22. The van der Waals surface area contributed by atoms with Crippen molar-refractivity contribution in [3.05, 3.63) is 47.0 Å². The van der Waals surface area contributed by atoms with Crippen molar-refractivity contribution in [2.75, 3.05) is 14.2 Å². The van der Waals surface area contributed by atoms with E-state index in [1.165, 1.54) is 15.3 Å². The second-order valence-electron chi connectivity index (χ2n) is 5.37. The van der Waals surface area contributed by atoms with E-state index in [2.05, 4.69) is 5.10 Å². The summed E-state index contributed by atoms with van der Waals surface area (Å²) in [6.45, 7) is 0.113. The molecule has 130 valence electrons. The predicted octanol–water partition coefficient (Wildman–Crippen LogP) is 1.65. The van der Waals surface area contributed by atoms with Crippen molar-refractivity contribution in [2.24, 2.45) is 0 Å². The van der Waals surface area contributed by atoms with Crippen LogP contribution in [0.4, 0.5) is 0 Å². The average Bonchev–Trinajstić information content (AvgIpc) is 3.05. The van der Waals surface area contributed by atoms with Crippen LogP contribution in [0.25, 0.3) is 16.8 Å². The van der Waals surface area contributed by atoms with Crippen LogP contribution >= 0.6 is 0 Å². The molecule has 0 aliphatic rings. The number of benzene rings is 1. The zero-order valence-electron chi connectivity index (χ0n) is 13.8. The Morgan fingerprint density at radius 1 is 1.16 bits per heavy atom. The lowest BCUT2D eigenvalue weighted by Gasteiger charge is -2.08. The van der Waals surface area contributed by atoms with Crippen LogP contribution in [0.3, 0.4) is 0 Å². The minimum absolute atomic E-state index is 0.113. The highest BCUT2D eigenvalue weighted by molar-refractivity contribution is 5.68. The largest absolute Gasteiger partial charge is 0.493 e. The Morgan fingerprint density at radius 2 is 1.92 bits per heavy atom. The molecule has 0 aliphatic carbocycles. The SMILES string of the molecule is COc1ccc(-c2cc3c(=O)n(CCC(=O)O)ccn3n2)cc1OC. The van der Waals surface area contributed by atoms with E-state index in [1.54, 1.807) is 38.6 Å². The standard InChI is InChI=1S/C17H17N3O5/c1-24-14-4-3-11(9-15(14)25-2)12-10-13-17(23)19(6-5-16(21)22)7-8-20(13)18-12/h3-4,7-10H,5-6H2,1-2H3,(H,21,22). The van der Waals surface area contributed by atoms with Gasteiger partial charge in [0.1, 0.15) is 5.52 Å². The Labute approximate surface area is 142 Å². The van der Waals surface area contributed by atoms with Crippen molar-refractivity contribution >= 4 is 11.5 Å². The minimum atomic E-state index is -0.953. The first-order valence-corrected chi connectivity index (χ1v) is 7.56. The summed E-state index contributed by atoms with van der Waals surface area (Å²) < 4.78 is 13.3. The number of ether oxygens (including phenoxy) is 2. The molecule has 0 saturated heterocycles. The van der Waals surface area contributed by atoms with Gasteiger partial charge < -0.3 is 19.1 Å². The summed E-state index contributed by atoms with van der Waals surface area (Å²) in [5.74, 6) is 0.216. The van der Waals surface area contributed by atoms with Gasteiger partial charge in [0.2, 0.25) is 0 Å². The van der Waals surface area contributed by atoms with Crippen LogP contribution in [0.2, 0.25) is 0 Å². The zero-order valence-corrected chi connectivity index (χ0v) is 13.8. The van der Waals surface area contributed by atoms with E-state index in [0.29, 0.717) is 22.7 Å². The summed E-state index contributed by atoms with van der Waals surface area (Å²) in [7, 11) is 3.11. The number of aromatic nitrogens is 3. The van der Waals surface area contributed by atoms with Crippen LogP contribution < -0.4 is 15.0 Å². The highest BCUT2D eigenvalue weighted by Gasteiger charge is 2.12. The molecule has 2 aromatic heterocycles. The number of nitrogens with zero attached hydrogens (tertiary/aromatic N) is 3. The summed E-state index contributed by atoms with van der Waals surface area (Å²) in [6, 6.07) is 7.04. The lowest BCUT2D eigenvalue weighted by molar-refractivity contribution is -0.137. The highest BCUT2D eigenvalue weighted by atomic mass is 16.5. The molecule has 0 bridgehead atoms. The normalized spacial score (nSPS) is 10.8. The molecule has 2 heterocycles. The molecule has 0 saturated carbocycles. The van der Waals surface area contributed by atoms with Gasteiger partial charge in [-0.25, -0.2) is 4.52 Å². The smallest absolute Gasteiger partial charge is 0.305 e. The summed E-state index contributed by atoms with van der Waals surface area (Å²) in [5, 5.41) is 13.2. The summed E-state index contributed by atoms with van der Waals surface area (Å²) in [6.07, 6.45) is 3.04. The lowest BCUT2D eigenvalue weighted by atomic mass is 10.1. The summed E-state index contributed by atoms with van der Waals surface area (Å²) in [4.78, 5) is 23.2. The number of hydrogen-bond donors (Lipinski definition) is 1. The van der Waals surface area contributed by atoms with Crippen molar-refractivity contribution in [3.8, 4) is 22.8 Å². The molecule has 0 amide bonds. The van der Waals surface area contributed by atoms with Gasteiger partial charge in [0.25, 0.3) is 5.56 Å². The molecule has 3 aromatic rings. The first-order chi connectivity index (χ1) is 12.0. The van der Waals surface area contributed by atoms with Crippen LogP contribution in [0.5, 0.6) is 11.5 Å². The van der Waals surface area contributed by atoms with Gasteiger partial charge in [-0.3, -0.25) is 9.59 Å². The second kappa shape index (κ2) is 6.68. The van der Waals surface area contributed by atoms with Gasteiger partial charge in [-0.05, 0) is 24.3 Å². The maximum atomic E-state index is 12.5. The number of carboxylic acid groups (broad SMARTS) is 1. The molecule has 1 N–H and O–H groups in total. The maximum absolute atomic E-state index is 12.5. The van der Waals surface area contributed by atoms with Gasteiger partial charge in [-0.1, -0.05) is 0 Å². The van der Waals surface area contributed by atoms with Gasteiger partial charge >= 0.3 is 5.97 Å². The minimum Gasteiger partial charge on any atom is -0.493 e. The molecular formula is C17H17N3O5. The van der Waals surface area contributed by atoms with Crippen LogP contribution in [-0.4, -0.2) is 39.5 Å². The molecule has 8 nitrogen and oxygen atoms in total. The molecule has 0 fully saturated rings. The van der Waals surface area contributed by atoms with E-state index in [0.717, 1.165) is 5.56 Å². The number of carboxylic acids is 1. The molecule has 1 aromatic carbocycles. The fourth-order valence-corrected chi connectivity index (χ4v) is 2.56. The Kier molecular flexibility index (Phi) is 4.42. The van der Waals surface area contributed by atoms with E-state index < -0.39 is 5.97 Å². The molecule has 0 aliphatic heterocycles. The summed E-state index contributed by atoms with van der Waals surface area (Å²) in [5.41, 5.74) is 1.47. The van der Waals surface area contributed by atoms with Crippen molar-refractivity contribution in [2.45, 2.75) is 13.0 Å². The van der Waals surface area contributed by atoms with E-state index in [1.807, 2.05) is 6.07 Å². The van der Waals surface area contributed by atoms with Crippen molar-refractivity contribution in [1.29, 1.82) is 0 Å². The monoisotopic (exact) mass is 343 g/mol. The van der Waals surface area contributed by atoms with Crippen molar-refractivity contribution in [1.82, 2.24) is 14.2 Å². The molecule has 0 spiro atoms. The summed E-state index contributed by atoms with van der Waals surface area (Å²) >= 11 is 0. The number of methoxy groups -OCH3 is 2. The average molecular weight is 343 g/mol. The molecule has 0 radical (unpaired) electrons. The Hall–Kier alpha value is -3.29. The Morgan fingerprint density at radius 3 is 2.60 bits per heavy atom. The van der Waals surface area contributed by atoms with Gasteiger partial charge in [0.05, 0.1) is 26.3 Å². The number of hydrogen-bond acceptors (Lipinski definition) is 5. The van der Waals surface area contributed by atoms with Gasteiger partial charge in [-0.2, -0.15) is 5.10 Å². The Bertz CT molecular complexity index is 990. The molecule has 0 atom stereocenters. The van der Waals surface area contributed by atoms with E-state index >= 15 is 0 Å². The number of rotatable bonds is 6. The number of fused-ring (bicyclic) bond motifs is 1. The zero-order chi connectivity index (χ0) is 18.0. The molecule has 3 rings (SSSR count). The number of aryl methyl sites for hydroxylation is 1. The van der Waals surface area contributed by atoms with Crippen LogP contribution in [0, 0.1) is 0 Å². The quantitative estimate of drug-likeness (QED) is 0.731. The molecule has 8 heteroatoms. The first-order valence-electron chi connectivity index (χ1n) is 7.56. The van der Waals surface area contributed by atoms with Crippen LogP contribution in [0.15, 0.2) is 41.5 Å². The third kappa shape index (κ3) is 3.18. The van der Waals surface area contributed by atoms with E-state index in [9.17, 15) is 9.59 Å². The second-order valence-corrected chi connectivity index (χ2v) is 5.37. The molecule has 0 unspecified atom stereocenters. The number of carbonyl (C=O) groups is 1. The highest BCUT2D eigenvalue weighted by Crippen LogP contribution is 2.31.